The third-order valence-corrected chi connectivity index (χ3v) is 2.78. The molecule has 18 heavy (non-hydrogen) atoms. The van der Waals surface area contributed by atoms with Gasteiger partial charge in [-0.3, -0.25) is 4.99 Å². The molecule has 0 radical (unpaired) electrons. The minimum Gasteiger partial charge on any atom is -0.359 e. The highest BCUT2D eigenvalue weighted by Crippen LogP contribution is 2.18. The molecule has 0 aliphatic heterocycles. The summed E-state index contributed by atoms with van der Waals surface area (Å²) >= 11 is 0. The van der Waals surface area contributed by atoms with E-state index in [1.54, 1.807) is 19.2 Å². The zero-order chi connectivity index (χ0) is 13.5. The fourth-order valence-corrected chi connectivity index (χ4v) is 1.79. The first-order valence-corrected chi connectivity index (χ1v) is 5.88. The Labute approximate surface area is 108 Å². The highest BCUT2D eigenvalue weighted by atomic mass is 19.1. The third kappa shape index (κ3) is 4.00. The first-order chi connectivity index (χ1) is 8.58. The van der Waals surface area contributed by atoms with Gasteiger partial charge in [0.1, 0.15) is 5.82 Å². The molecule has 0 aliphatic rings. The van der Waals surface area contributed by atoms with Crippen molar-refractivity contribution >= 4 is 5.96 Å². The largest absolute Gasteiger partial charge is 0.359 e. The first-order valence-electron chi connectivity index (χ1n) is 5.88. The van der Waals surface area contributed by atoms with E-state index in [9.17, 15) is 4.39 Å². The zero-order valence-electron chi connectivity index (χ0n) is 11.4. The first kappa shape index (κ1) is 14.4. The maximum atomic E-state index is 13.2. The van der Waals surface area contributed by atoms with Crippen LogP contribution in [0.1, 0.15) is 11.6 Å². The van der Waals surface area contributed by atoms with E-state index in [2.05, 4.69) is 15.6 Å². The van der Waals surface area contributed by atoms with E-state index >= 15 is 0 Å². The number of halogens is 1. The molecular weight excluding hydrogens is 231 g/mol. The summed E-state index contributed by atoms with van der Waals surface area (Å²) in [5.41, 5.74) is 0.944. The van der Waals surface area contributed by atoms with Gasteiger partial charge in [-0.15, -0.1) is 0 Å². The van der Waals surface area contributed by atoms with Crippen molar-refractivity contribution in [2.24, 2.45) is 4.99 Å². The van der Waals surface area contributed by atoms with E-state index in [0.29, 0.717) is 6.54 Å². The van der Waals surface area contributed by atoms with Crippen LogP contribution in [0.4, 0.5) is 4.39 Å². The molecule has 1 rings (SSSR count). The molecular formula is C13H21FN4. The highest BCUT2D eigenvalue weighted by molar-refractivity contribution is 5.79. The lowest BCUT2D eigenvalue weighted by Crippen LogP contribution is -2.40. The maximum absolute atomic E-state index is 13.2. The molecule has 0 heterocycles. The van der Waals surface area contributed by atoms with Crippen LogP contribution in [0, 0.1) is 5.82 Å². The van der Waals surface area contributed by atoms with Crippen molar-refractivity contribution in [3.05, 3.63) is 35.6 Å². The highest BCUT2D eigenvalue weighted by Gasteiger charge is 2.14. The molecule has 0 amide bonds. The molecule has 0 saturated heterocycles. The zero-order valence-corrected chi connectivity index (χ0v) is 11.4. The van der Waals surface area contributed by atoms with Gasteiger partial charge in [-0.2, -0.15) is 0 Å². The Morgan fingerprint density at radius 1 is 1.44 bits per heavy atom. The Morgan fingerprint density at radius 3 is 2.67 bits per heavy atom. The number of hydrogen-bond donors (Lipinski definition) is 2. The predicted molar refractivity (Wildman–Crippen MR) is 73.2 cm³/mol. The topological polar surface area (TPSA) is 39.7 Å². The SMILES string of the molecule is CN=C(NC)NCC(c1cccc(F)c1)N(C)C. The predicted octanol–water partition coefficient (Wildman–Crippen LogP) is 1.22. The van der Waals surface area contributed by atoms with Crippen LogP contribution < -0.4 is 10.6 Å². The van der Waals surface area contributed by atoms with Crippen LogP contribution in [-0.4, -0.2) is 45.6 Å². The van der Waals surface area contributed by atoms with E-state index in [4.69, 9.17) is 0 Å². The number of hydrogen-bond acceptors (Lipinski definition) is 2. The Bertz CT molecular complexity index is 404. The lowest BCUT2D eigenvalue weighted by molar-refractivity contribution is 0.297. The van der Waals surface area contributed by atoms with Gasteiger partial charge < -0.3 is 15.5 Å². The molecule has 100 valence electrons. The molecule has 4 nitrogen and oxygen atoms in total. The number of nitrogens with one attached hydrogen (secondary N) is 2. The number of likely N-dealkylation sites (N-methyl/N-ethyl adjacent to an activating group) is 1. The minimum atomic E-state index is -0.211. The van der Waals surface area contributed by atoms with Crippen LogP contribution in [0.3, 0.4) is 0 Å². The number of guanidine groups is 1. The van der Waals surface area contributed by atoms with Crippen molar-refractivity contribution < 1.29 is 4.39 Å². The molecule has 1 atom stereocenters. The molecule has 0 aliphatic carbocycles. The molecule has 0 fully saturated rings. The van der Waals surface area contributed by atoms with Gasteiger partial charge in [0.25, 0.3) is 0 Å². The van der Waals surface area contributed by atoms with Gasteiger partial charge in [0.2, 0.25) is 0 Å². The van der Waals surface area contributed by atoms with Crippen LogP contribution >= 0.6 is 0 Å². The van der Waals surface area contributed by atoms with E-state index in [-0.39, 0.29) is 11.9 Å². The molecule has 1 unspecified atom stereocenters. The van der Waals surface area contributed by atoms with Crippen molar-refractivity contribution in [1.29, 1.82) is 0 Å². The summed E-state index contributed by atoms with van der Waals surface area (Å²) in [6.07, 6.45) is 0. The van der Waals surface area contributed by atoms with Gasteiger partial charge in [-0.25, -0.2) is 4.39 Å². The third-order valence-electron chi connectivity index (χ3n) is 2.78. The number of nitrogens with zero attached hydrogens (tertiary/aromatic N) is 2. The van der Waals surface area contributed by atoms with Crippen LogP contribution in [-0.2, 0) is 0 Å². The van der Waals surface area contributed by atoms with Gasteiger partial charge >= 0.3 is 0 Å². The fourth-order valence-electron chi connectivity index (χ4n) is 1.79. The van der Waals surface area contributed by atoms with E-state index in [0.717, 1.165) is 11.5 Å². The number of benzene rings is 1. The van der Waals surface area contributed by atoms with Crippen LogP contribution in [0.15, 0.2) is 29.3 Å². The molecule has 2 N–H and O–H groups in total. The van der Waals surface area contributed by atoms with Crippen molar-refractivity contribution in [1.82, 2.24) is 15.5 Å². The second-order valence-corrected chi connectivity index (χ2v) is 4.24. The fraction of sp³-hybridized carbons (Fsp3) is 0.462. The lowest BCUT2D eigenvalue weighted by atomic mass is 10.1. The van der Waals surface area contributed by atoms with Gasteiger partial charge in [0.05, 0.1) is 6.04 Å². The summed E-state index contributed by atoms with van der Waals surface area (Å²) in [5.74, 6) is 0.510. The second-order valence-electron chi connectivity index (χ2n) is 4.24. The Kier molecular flexibility index (Phi) is 5.58. The van der Waals surface area contributed by atoms with E-state index in [1.165, 1.54) is 6.07 Å². The normalized spacial score (nSPS) is 13.6. The number of aliphatic imine (C=N–C) groups is 1. The number of rotatable bonds is 4. The van der Waals surface area contributed by atoms with Crippen LogP contribution in [0.2, 0.25) is 0 Å². The van der Waals surface area contributed by atoms with Crippen molar-refractivity contribution in [3.8, 4) is 0 Å². The standard InChI is InChI=1S/C13H21FN4/c1-15-13(16-2)17-9-12(18(3)4)10-6-5-7-11(14)8-10/h5-8,12H,9H2,1-4H3,(H2,15,16,17). The van der Waals surface area contributed by atoms with Crippen molar-refractivity contribution in [3.63, 3.8) is 0 Å². The summed E-state index contributed by atoms with van der Waals surface area (Å²) in [6, 6.07) is 6.77. The molecule has 0 bridgehead atoms. The smallest absolute Gasteiger partial charge is 0.190 e. The van der Waals surface area contributed by atoms with Crippen molar-refractivity contribution in [2.45, 2.75) is 6.04 Å². The Morgan fingerprint density at radius 2 is 2.17 bits per heavy atom. The summed E-state index contributed by atoms with van der Waals surface area (Å²) in [4.78, 5) is 6.10. The molecule has 5 heteroatoms. The summed E-state index contributed by atoms with van der Waals surface area (Å²) < 4.78 is 13.2. The average Bonchev–Trinajstić information content (AvgIpc) is 2.34. The van der Waals surface area contributed by atoms with E-state index < -0.39 is 0 Å². The lowest BCUT2D eigenvalue weighted by Gasteiger charge is -2.25. The van der Waals surface area contributed by atoms with Gasteiger partial charge in [-0.1, -0.05) is 12.1 Å². The van der Waals surface area contributed by atoms with Gasteiger partial charge in [0.15, 0.2) is 5.96 Å². The van der Waals surface area contributed by atoms with Crippen LogP contribution in [0.5, 0.6) is 0 Å². The minimum absolute atomic E-state index is 0.0887. The summed E-state index contributed by atoms with van der Waals surface area (Å²) in [7, 11) is 7.46. The van der Waals surface area contributed by atoms with Crippen molar-refractivity contribution in [2.75, 3.05) is 34.7 Å². The Balaban J connectivity index is 2.78. The quantitative estimate of drug-likeness (QED) is 0.625. The molecule has 0 spiro atoms. The van der Waals surface area contributed by atoms with Gasteiger partial charge in [0, 0.05) is 20.6 Å². The second kappa shape index (κ2) is 6.96. The molecule has 1 aromatic rings. The molecule has 1 aromatic carbocycles. The van der Waals surface area contributed by atoms with Gasteiger partial charge in [-0.05, 0) is 31.8 Å². The molecule has 0 aromatic heterocycles. The Hall–Kier alpha value is -1.62. The monoisotopic (exact) mass is 252 g/mol. The average molecular weight is 252 g/mol. The van der Waals surface area contributed by atoms with E-state index in [1.807, 2.05) is 32.1 Å². The maximum Gasteiger partial charge on any atom is 0.190 e. The van der Waals surface area contributed by atoms with Crippen LogP contribution in [0.25, 0.3) is 0 Å². The summed E-state index contributed by atoms with van der Waals surface area (Å²) in [5, 5.41) is 6.15. The summed E-state index contributed by atoms with van der Waals surface area (Å²) in [6.45, 7) is 0.657. The molecule has 0 saturated carbocycles.